The van der Waals surface area contributed by atoms with Crippen LogP contribution in [0.3, 0.4) is 0 Å². The lowest BCUT2D eigenvalue weighted by Gasteiger charge is -2.18. The third-order valence-electron chi connectivity index (χ3n) is 3.70. The van der Waals surface area contributed by atoms with E-state index in [2.05, 4.69) is 22.2 Å². The molecule has 1 aromatic carbocycles. The molecule has 2 rings (SSSR count). The van der Waals surface area contributed by atoms with Crippen LogP contribution in [0.5, 0.6) is 5.75 Å². The van der Waals surface area contributed by atoms with Crippen LogP contribution in [0.2, 0.25) is 0 Å². The molecule has 0 heterocycles. The molecule has 134 valence electrons. The van der Waals surface area contributed by atoms with Gasteiger partial charge in [-0.2, -0.15) is 0 Å². The molecule has 0 bridgehead atoms. The van der Waals surface area contributed by atoms with E-state index < -0.39 is 0 Å². The number of rotatable bonds is 8. The highest BCUT2D eigenvalue weighted by Gasteiger charge is 2.22. The highest BCUT2D eigenvalue weighted by molar-refractivity contribution is 14.0. The highest BCUT2D eigenvalue weighted by Crippen LogP contribution is 2.30. The average Bonchev–Trinajstić information content (AvgIpc) is 3.35. The average molecular weight is 447 g/mol. The molecule has 6 heteroatoms. The first-order chi connectivity index (χ1) is 11.1. The van der Waals surface area contributed by atoms with Crippen LogP contribution in [0, 0.1) is 11.7 Å². The molecule has 0 spiro atoms. The van der Waals surface area contributed by atoms with Gasteiger partial charge in [0.2, 0.25) is 0 Å². The van der Waals surface area contributed by atoms with Crippen molar-refractivity contribution in [2.45, 2.75) is 32.7 Å². The van der Waals surface area contributed by atoms with E-state index in [1.54, 1.807) is 12.1 Å². The van der Waals surface area contributed by atoms with Gasteiger partial charge in [0, 0.05) is 6.54 Å². The Hall–Kier alpha value is -1.31. The fourth-order valence-electron chi connectivity index (χ4n) is 2.16. The van der Waals surface area contributed by atoms with Gasteiger partial charge in [-0.15, -0.1) is 30.6 Å². The van der Waals surface area contributed by atoms with Crippen LogP contribution in [-0.2, 0) is 0 Å². The second-order valence-corrected chi connectivity index (χ2v) is 5.82. The summed E-state index contributed by atoms with van der Waals surface area (Å²) in [6.45, 7) is 9.54. The lowest BCUT2D eigenvalue weighted by atomic mass is 10.1. The zero-order valence-electron chi connectivity index (χ0n) is 14.3. The quantitative estimate of drug-likeness (QED) is 0.274. The summed E-state index contributed by atoms with van der Waals surface area (Å²) in [5.74, 6) is 1.32. The van der Waals surface area contributed by atoms with Crippen molar-refractivity contribution in [3.63, 3.8) is 0 Å². The molecule has 0 aromatic heterocycles. The minimum Gasteiger partial charge on any atom is -0.490 e. The number of nitrogens with zero attached hydrogens (tertiary/aromatic N) is 1. The molecule has 1 unspecified atom stereocenters. The number of aliphatic imine (C=N–C) groups is 1. The van der Waals surface area contributed by atoms with Crippen LogP contribution in [0.15, 0.2) is 35.8 Å². The molecule has 1 atom stereocenters. The second-order valence-electron chi connectivity index (χ2n) is 5.82. The summed E-state index contributed by atoms with van der Waals surface area (Å²) < 4.78 is 19.7. The highest BCUT2D eigenvalue weighted by atomic mass is 127. The molecule has 1 aliphatic carbocycles. The Morgan fingerprint density at radius 1 is 1.50 bits per heavy atom. The van der Waals surface area contributed by atoms with Gasteiger partial charge in [-0.25, -0.2) is 9.38 Å². The first-order valence-corrected chi connectivity index (χ1v) is 8.22. The molecule has 0 aliphatic heterocycles. The van der Waals surface area contributed by atoms with E-state index >= 15 is 0 Å². The molecule has 0 amide bonds. The molecule has 24 heavy (non-hydrogen) atoms. The summed E-state index contributed by atoms with van der Waals surface area (Å²) in [5, 5.41) is 6.42. The zero-order chi connectivity index (χ0) is 16.7. The van der Waals surface area contributed by atoms with Crippen molar-refractivity contribution in [3.05, 3.63) is 42.2 Å². The van der Waals surface area contributed by atoms with Crippen LogP contribution in [0.25, 0.3) is 0 Å². The van der Waals surface area contributed by atoms with E-state index in [4.69, 9.17) is 4.74 Å². The smallest absolute Gasteiger partial charge is 0.192 e. The van der Waals surface area contributed by atoms with Crippen LogP contribution >= 0.6 is 24.0 Å². The fraction of sp³-hybridized carbons (Fsp3) is 0.500. The third-order valence-corrected chi connectivity index (χ3v) is 3.70. The SMILES string of the molecule is C=CCN=C(NCC)NC(C)c1ccc(OCC2CC2)c(F)c1.I. The molecular weight excluding hydrogens is 420 g/mol. The molecule has 1 saturated carbocycles. The number of guanidine groups is 1. The summed E-state index contributed by atoms with van der Waals surface area (Å²) in [6, 6.07) is 5.06. The molecule has 1 aliphatic rings. The van der Waals surface area contributed by atoms with E-state index in [1.807, 2.05) is 19.9 Å². The van der Waals surface area contributed by atoms with Crippen LogP contribution in [-0.4, -0.2) is 25.7 Å². The Kier molecular flexibility index (Phi) is 9.10. The zero-order valence-corrected chi connectivity index (χ0v) is 16.7. The Morgan fingerprint density at radius 2 is 2.25 bits per heavy atom. The standard InChI is InChI=1S/C18H26FN3O.HI/c1-4-10-21-18(20-5-2)22-13(3)15-8-9-17(16(19)11-15)23-12-14-6-7-14;/h4,8-9,11,13-14H,1,5-7,10,12H2,2-3H3,(H2,20,21,22);1H. The Bertz CT molecular complexity index is 561. The van der Waals surface area contributed by atoms with Gasteiger partial charge in [0.15, 0.2) is 17.5 Å². The number of nitrogens with one attached hydrogen (secondary N) is 2. The predicted octanol–water partition coefficient (Wildman–Crippen LogP) is 4.03. The molecule has 1 aromatic rings. The van der Waals surface area contributed by atoms with Crippen molar-refractivity contribution in [1.82, 2.24) is 10.6 Å². The van der Waals surface area contributed by atoms with Crippen LogP contribution in [0.4, 0.5) is 4.39 Å². The largest absolute Gasteiger partial charge is 0.490 e. The number of halogens is 2. The minimum atomic E-state index is -0.315. The lowest BCUT2D eigenvalue weighted by molar-refractivity contribution is 0.285. The monoisotopic (exact) mass is 447 g/mol. The Morgan fingerprint density at radius 3 is 2.83 bits per heavy atom. The normalized spacial score (nSPS) is 15.2. The van der Waals surface area contributed by atoms with Crippen LogP contribution < -0.4 is 15.4 Å². The van der Waals surface area contributed by atoms with E-state index in [0.29, 0.717) is 30.8 Å². The summed E-state index contributed by atoms with van der Waals surface area (Å²) in [4.78, 5) is 4.35. The van der Waals surface area contributed by atoms with Gasteiger partial charge >= 0.3 is 0 Å². The first-order valence-electron chi connectivity index (χ1n) is 8.22. The molecule has 1 fully saturated rings. The van der Waals surface area contributed by atoms with Gasteiger partial charge in [0.25, 0.3) is 0 Å². The van der Waals surface area contributed by atoms with E-state index in [0.717, 1.165) is 12.1 Å². The van der Waals surface area contributed by atoms with Gasteiger partial charge in [0.1, 0.15) is 0 Å². The van der Waals surface area contributed by atoms with Gasteiger partial charge in [-0.05, 0) is 50.3 Å². The third kappa shape index (κ3) is 6.67. The minimum absolute atomic E-state index is 0. The Balaban J connectivity index is 0.00000288. The lowest BCUT2D eigenvalue weighted by Crippen LogP contribution is -2.38. The van der Waals surface area contributed by atoms with Crippen molar-refractivity contribution in [1.29, 1.82) is 0 Å². The van der Waals surface area contributed by atoms with Crippen molar-refractivity contribution >= 4 is 29.9 Å². The second kappa shape index (κ2) is 10.5. The van der Waals surface area contributed by atoms with E-state index in [9.17, 15) is 4.39 Å². The maximum atomic E-state index is 14.2. The van der Waals surface area contributed by atoms with Crippen molar-refractivity contribution < 1.29 is 9.13 Å². The number of hydrogen-bond donors (Lipinski definition) is 2. The molecular formula is C18H27FIN3O. The van der Waals surface area contributed by atoms with Crippen molar-refractivity contribution in [2.75, 3.05) is 19.7 Å². The summed E-state index contributed by atoms with van der Waals surface area (Å²) in [5.41, 5.74) is 0.852. The topological polar surface area (TPSA) is 45.7 Å². The van der Waals surface area contributed by atoms with E-state index in [-0.39, 0.29) is 35.8 Å². The van der Waals surface area contributed by atoms with Gasteiger partial charge in [-0.3, -0.25) is 0 Å². The molecule has 0 saturated heterocycles. The number of ether oxygens (including phenoxy) is 1. The predicted molar refractivity (Wildman–Crippen MR) is 108 cm³/mol. The van der Waals surface area contributed by atoms with E-state index in [1.165, 1.54) is 18.9 Å². The fourth-order valence-corrected chi connectivity index (χ4v) is 2.16. The van der Waals surface area contributed by atoms with Crippen molar-refractivity contribution in [3.8, 4) is 5.75 Å². The maximum Gasteiger partial charge on any atom is 0.192 e. The van der Waals surface area contributed by atoms with Gasteiger partial charge in [-0.1, -0.05) is 12.1 Å². The number of benzene rings is 1. The summed E-state index contributed by atoms with van der Waals surface area (Å²) in [6.07, 6.45) is 4.12. The first kappa shape index (κ1) is 20.7. The maximum absolute atomic E-state index is 14.2. The molecule has 4 nitrogen and oxygen atoms in total. The van der Waals surface area contributed by atoms with Crippen LogP contribution in [0.1, 0.15) is 38.3 Å². The van der Waals surface area contributed by atoms with Crippen molar-refractivity contribution in [2.24, 2.45) is 10.9 Å². The van der Waals surface area contributed by atoms with Gasteiger partial charge in [0.05, 0.1) is 19.2 Å². The van der Waals surface area contributed by atoms with Gasteiger partial charge < -0.3 is 15.4 Å². The Labute approximate surface area is 161 Å². The summed E-state index contributed by atoms with van der Waals surface area (Å²) in [7, 11) is 0. The molecule has 2 N–H and O–H groups in total. The molecule has 0 radical (unpaired) electrons. The number of hydrogen-bond acceptors (Lipinski definition) is 2. The summed E-state index contributed by atoms with van der Waals surface area (Å²) >= 11 is 0.